The molecule has 0 spiro atoms. The second-order valence-electron chi connectivity index (χ2n) is 7.91. The van der Waals surface area contributed by atoms with Gasteiger partial charge in [0.15, 0.2) is 5.11 Å². The molecule has 1 aliphatic heterocycles. The lowest BCUT2D eigenvalue weighted by molar-refractivity contribution is -0.384. The lowest BCUT2D eigenvalue weighted by Crippen LogP contribution is -2.30. The van der Waals surface area contributed by atoms with E-state index in [1.54, 1.807) is 18.3 Å². The first kappa shape index (κ1) is 20.8. The molecule has 1 fully saturated rings. The van der Waals surface area contributed by atoms with Crippen molar-refractivity contribution in [3.63, 3.8) is 0 Å². The molecule has 0 aliphatic carbocycles. The number of non-ortho nitro benzene ring substituents is 1. The van der Waals surface area contributed by atoms with E-state index >= 15 is 0 Å². The molecule has 0 radical (unpaired) electrons. The number of nitro benzene ring substituents is 1. The van der Waals surface area contributed by atoms with Crippen molar-refractivity contribution in [2.45, 2.75) is 19.0 Å². The number of aromatic nitrogens is 2. The second kappa shape index (κ2) is 8.48. The molecule has 33 heavy (non-hydrogen) atoms. The number of nitrogens with one attached hydrogen (secondary N) is 1. The molecule has 0 saturated carbocycles. The van der Waals surface area contributed by atoms with Gasteiger partial charge in [-0.1, -0.05) is 29.8 Å². The van der Waals surface area contributed by atoms with Crippen LogP contribution in [0.4, 0.5) is 11.4 Å². The fourth-order valence-electron chi connectivity index (χ4n) is 4.27. The maximum absolute atomic E-state index is 11.4. The van der Waals surface area contributed by atoms with Crippen LogP contribution in [-0.4, -0.2) is 19.6 Å². The third-order valence-corrected chi connectivity index (χ3v) is 6.13. The van der Waals surface area contributed by atoms with Gasteiger partial charge in [-0.15, -0.1) is 0 Å². The van der Waals surface area contributed by atoms with Crippen molar-refractivity contribution in [3.05, 3.63) is 118 Å². The van der Waals surface area contributed by atoms with Crippen LogP contribution in [0.3, 0.4) is 0 Å². The Balaban J connectivity index is 1.66. The normalized spacial score (nSPS) is 17.7. The van der Waals surface area contributed by atoms with Gasteiger partial charge in [-0.2, -0.15) is 0 Å². The number of hydrogen-bond donors (Lipinski definition) is 1. The first-order valence-corrected chi connectivity index (χ1v) is 10.9. The van der Waals surface area contributed by atoms with Gasteiger partial charge >= 0.3 is 0 Å². The van der Waals surface area contributed by atoms with Crippen LogP contribution in [0.2, 0.25) is 0 Å². The average Bonchev–Trinajstić information content (AvgIpc) is 3.44. The average molecular weight is 456 g/mol. The van der Waals surface area contributed by atoms with Crippen LogP contribution in [-0.2, 0) is 0 Å². The summed E-state index contributed by atoms with van der Waals surface area (Å²) in [7, 11) is 0. The minimum Gasteiger partial charge on any atom is -0.351 e. The summed E-state index contributed by atoms with van der Waals surface area (Å²) < 4.78 is 1.98. The summed E-state index contributed by atoms with van der Waals surface area (Å²) in [5.74, 6) is 0. The smallest absolute Gasteiger partial charge is 0.271 e. The molecule has 0 unspecified atom stereocenters. The van der Waals surface area contributed by atoms with E-state index in [0.717, 1.165) is 22.6 Å². The Morgan fingerprint density at radius 1 is 1.00 bits per heavy atom. The van der Waals surface area contributed by atoms with Crippen LogP contribution in [0.25, 0.3) is 5.69 Å². The largest absolute Gasteiger partial charge is 0.351 e. The van der Waals surface area contributed by atoms with E-state index in [1.165, 1.54) is 6.07 Å². The molecule has 2 atom stereocenters. The van der Waals surface area contributed by atoms with Crippen molar-refractivity contribution in [1.82, 2.24) is 14.9 Å². The number of benzene rings is 2. The Labute approximate surface area is 196 Å². The SMILES string of the molecule is Cc1ccc(N2C(=S)N[C@@H](c3ccccn3)[C@H]2c2cccn2-c2cccc([N+](=O)[O-])c2)cc1. The molecule has 1 N–H and O–H groups in total. The summed E-state index contributed by atoms with van der Waals surface area (Å²) >= 11 is 5.79. The van der Waals surface area contributed by atoms with Gasteiger partial charge in [-0.05, 0) is 61.6 Å². The fourth-order valence-corrected chi connectivity index (χ4v) is 4.61. The highest BCUT2D eigenvalue weighted by atomic mass is 32.1. The molecule has 5 rings (SSSR count). The maximum atomic E-state index is 11.4. The predicted molar refractivity (Wildman–Crippen MR) is 132 cm³/mol. The van der Waals surface area contributed by atoms with Crippen LogP contribution in [0, 0.1) is 17.0 Å². The Kier molecular flexibility index (Phi) is 5.35. The van der Waals surface area contributed by atoms with Crippen molar-refractivity contribution >= 4 is 28.7 Å². The monoisotopic (exact) mass is 455 g/mol. The van der Waals surface area contributed by atoms with E-state index < -0.39 is 0 Å². The lowest BCUT2D eigenvalue weighted by Gasteiger charge is -2.29. The van der Waals surface area contributed by atoms with Gasteiger partial charge in [0, 0.05) is 35.9 Å². The molecule has 2 aromatic carbocycles. The molecule has 7 nitrogen and oxygen atoms in total. The molecule has 3 heterocycles. The zero-order valence-corrected chi connectivity index (χ0v) is 18.6. The van der Waals surface area contributed by atoms with Crippen molar-refractivity contribution in [2.24, 2.45) is 0 Å². The number of thiocarbonyl (C=S) groups is 1. The zero-order valence-electron chi connectivity index (χ0n) is 17.8. The van der Waals surface area contributed by atoms with E-state index in [-0.39, 0.29) is 22.7 Å². The molecule has 0 bridgehead atoms. The second-order valence-corrected chi connectivity index (χ2v) is 8.30. The molecule has 1 aliphatic rings. The summed E-state index contributed by atoms with van der Waals surface area (Å²) in [6.07, 6.45) is 3.68. The molecule has 0 amide bonds. The van der Waals surface area contributed by atoms with E-state index in [1.807, 2.05) is 54.1 Å². The maximum Gasteiger partial charge on any atom is 0.271 e. The van der Waals surface area contributed by atoms with E-state index in [2.05, 4.69) is 39.5 Å². The molecule has 164 valence electrons. The van der Waals surface area contributed by atoms with Crippen molar-refractivity contribution < 1.29 is 4.92 Å². The Hall–Kier alpha value is -4.04. The summed E-state index contributed by atoms with van der Waals surface area (Å²) in [5, 5.41) is 15.4. The van der Waals surface area contributed by atoms with E-state index in [4.69, 9.17) is 12.2 Å². The minimum atomic E-state index is -0.381. The zero-order chi connectivity index (χ0) is 22.9. The lowest BCUT2D eigenvalue weighted by atomic mass is 10.0. The van der Waals surface area contributed by atoms with Gasteiger partial charge in [0.05, 0.1) is 22.3 Å². The number of pyridine rings is 1. The molecular weight excluding hydrogens is 434 g/mol. The molecule has 8 heteroatoms. The number of anilines is 1. The van der Waals surface area contributed by atoms with Crippen LogP contribution in [0.1, 0.15) is 29.0 Å². The van der Waals surface area contributed by atoms with Gasteiger partial charge < -0.3 is 14.8 Å². The summed E-state index contributed by atoms with van der Waals surface area (Å²) in [5.41, 5.74) is 4.70. The number of nitrogens with zero attached hydrogens (tertiary/aromatic N) is 4. The summed E-state index contributed by atoms with van der Waals surface area (Å²) in [4.78, 5) is 17.7. The Morgan fingerprint density at radius 2 is 1.82 bits per heavy atom. The van der Waals surface area contributed by atoms with Gasteiger partial charge in [0.25, 0.3) is 5.69 Å². The van der Waals surface area contributed by atoms with Crippen LogP contribution in [0.15, 0.2) is 91.3 Å². The molecule has 2 aromatic heterocycles. The van der Waals surface area contributed by atoms with Crippen molar-refractivity contribution in [3.8, 4) is 5.69 Å². The quantitative estimate of drug-likeness (QED) is 0.251. The first-order chi connectivity index (χ1) is 16.0. The number of rotatable bonds is 5. The van der Waals surface area contributed by atoms with E-state index in [9.17, 15) is 10.1 Å². The topological polar surface area (TPSA) is 76.2 Å². The third kappa shape index (κ3) is 3.85. The summed E-state index contributed by atoms with van der Waals surface area (Å²) in [6.45, 7) is 2.05. The third-order valence-electron chi connectivity index (χ3n) is 5.81. The van der Waals surface area contributed by atoms with E-state index in [0.29, 0.717) is 10.8 Å². The van der Waals surface area contributed by atoms with Crippen molar-refractivity contribution in [1.29, 1.82) is 0 Å². The van der Waals surface area contributed by atoms with Crippen LogP contribution >= 0.6 is 12.2 Å². The van der Waals surface area contributed by atoms with Gasteiger partial charge in [0.2, 0.25) is 0 Å². The standard InChI is InChI=1S/C25H21N5O2S/c1-17-10-12-18(13-11-17)29-24(23(27-25(29)33)21-8-2-3-14-26-21)22-9-5-15-28(22)19-6-4-7-20(16-19)30(31)32/h2-16,23-24H,1H3,(H,27,33)/t23-,24+/m0/s1. The van der Waals surface area contributed by atoms with Crippen LogP contribution in [0.5, 0.6) is 0 Å². The highest BCUT2D eigenvalue weighted by Crippen LogP contribution is 2.42. The van der Waals surface area contributed by atoms with Gasteiger partial charge in [0.1, 0.15) is 6.04 Å². The predicted octanol–water partition coefficient (Wildman–Crippen LogP) is 5.27. The fraction of sp³-hybridized carbons (Fsp3) is 0.120. The first-order valence-electron chi connectivity index (χ1n) is 10.5. The van der Waals surface area contributed by atoms with Gasteiger partial charge in [-0.3, -0.25) is 15.1 Å². The molecular formula is C25H21N5O2S. The van der Waals surface area contributed by atoms with Crippen molar-refractivity contribution in [2.75, 3.05) is 4.90 Å². The van der Waals surface area contributed by atoms with Gasteiger partial charge in [-0.25, -0.2) is 0 Å². The highest BCUT2D eigenvalue weighted by Gasteiger charge is 2.42. The summed E-state index contributed by atoms with van der Waals surface area (Å²) in [6, 6.07) is 24.2. The Morgan fingerprint density at radius 3 is 2.55 bits per heavy atom. The number of hydrogen-bond acceptors (Lipinski definition) is 4. The Bertz CT molecular complexity index is 1320. The minimum absolute atomic E-state index is 0.0453. The molecule has 1 saturated heterocycles. The number of nitro groups is 1. The molecule has 4 aromatic rings. The van der Waals surface area contributed by atoms with Crippen LogP contribution < -0.4 is 10.2 Å². The number of aryl methyl sites for hydroxylation is 1. The highest BCUT2D eigenvalue weighted by molar-refractivity contribution is 7.80.